The Morgan fingerprint density at radius 3 is 2.71 bits per heavy atom. The molecule has 164 valence electrons. The molecule has 0 aromatic heterocycles. The molecule has 2 aromatic carbocycles. The quantitative estimate of drug-likeness (QED) is 0.336. The predicted molar refractivity (Wildman–Crippen MR) is 121 cm³/mol. The summed E-state index contributed by atoms with van der Waals surface area (Å²) in [5.41, 5.74) is 3.36. The largest absolute Gasteiger partial charge is 0.484 e. The van der Waals surface area contributed by atoms with Crippen molar-refractivity contribution in [1.82, 2.24) is 10.7 Å². The molecule has 0 bridgehead atoms. The summed E-state index contributed by atoms with van der Waals surface area (Å²) in [7, 11) is 0. The smallest absolute Gasteiger partial charge is 0.258 e. The van der Waals surface area contributed by atoms with Crippen molar-refractivity contribution in [3.63, 3.8) is 0 Å². The van der Waals surface area contributed by atoms with Crippen LogP contribution in [0.3, 0.4) is 0 Å². The van der Waals surface area contributed by atoms with Gasteiger partial charge in [-0.3, -0.25) is 9.59 Å². The van der Waals surface area contributed by atoms with Crippen LogP contribution in [0.15, 0.2) is 64.6 Å². The minimum Gasteiger partial charge on any atom is -0.484 e. The highest BCUT2D eigenvalue weighted by Crippen LogP contribution is 2.22. The van der Waals surface area contributed by atoms with E-state index in [1.807, 2.05) is 37.3 Å². The van der Waals surface area contributed by atoms with Crippen LogP contribution in [0.1, 0.15) is 25.3 Å². The second-order valence-electron chi connectivity index (χ2n) is 7.10. The monoisotopic (exact) mass is 441 g/mol. The Bertz CT molecular complexity index is 868. The highest BCUT2D eigenvalue weighted by Gasteiger charge is 2.16. The van der Waals surface area contributed by atoms with E-state index < -0.39 is 0 Å². The SMILES string of the molecule is C[C@@H](Sc1ccccc1)C(=O)N/N=C\c1ccc(OCC(=O)NC[C@H]2CCCO2)cc1. The normalized spacial score (nSPS) is 16.7. The van der Waals surface area contributed by atoms with Gasteiger partial charge < -0.3 is 14.8 Å². The number of hydrogen-bond donors (Lipinski definition) is 2. The number of rotatable bonds is 10. The molecule has 1 heterocycles. The molecule has 31 heavy (non-hydrogen) atoms. The fraction of sp³-hybridized carbons (Fsp3) is 0.348. The summed E-state index contributed by atoms with van der Waals surface area (Å²) in [6.45, 7) is 3.08. The lowest BCUT2D eigenvalue weighted by Gasteiger charge is -2.11. The van der Waals surface area contributed by atoms with Crippen molar-refractivity contribution >= 4 is 29.8 Å². The molecule has 1 saturated heterocycles. The van der Waals surface area contributed by atoms with Crippen LogP contribution in [0.5, 0.6) is 5.75 Å². The van der Waals surface area contributed by atoms with E-state index in [1.54, 1.807) is 30.5 Å². The zero-order chi connectivity index (χ0) is 21.9. The molecule has 2 aromatic rings. The van der Waals surface area contributed by atoms with Gasteiger partial charge in [-0.1, -0.05) is 18.2 Å². The van der Waals surface area contributed by atoms with Gasteiger partial charge in [-0.2, -0.15) is 5.10 Å². The van der Waals surface area contributed by atoms with E-state index in [2.05, 4.69) is 15.8 Å². The minimum atomic E-state index is -0.262. The van der Waals surface area contributed by atoms with Crippen LogP contribution in [-0.4, -0.2) is 49.1 Å². The molecule has 7 nitrogen and oxygen atoms in total. The topological polar surface area (TPSA) is 89.0 Å². The lowest BCUT2D eigenvalue weighted by Crippen LogP contribution is -2.35. The number of nitrogens with one attached hydrogen (secondary N) is 2. The Labute approximate surface area is 186 Å². The van der Waals surface area contributed by atoms with Crippen molar-refractivity contribution in [2.75, 3.05) is 19.8 Å². The number of carbonyl (C=O) groups is 2. The Balaban J connectivity index is 1.36. The standard InChI is InChI=1S/C23H27N3O4S/c1-17(31-21-7-3-2-4-8-21)23(28)26-25-14-18-9-11-19(12-10-18)30-16-22(27)24-15-20-6-5-13-29-20/h2-4,7-12,14,17,20H,5-6,13,15-16H2,1H3,(H,24,27)(H,26,28)/b25-14-/t17-,20-/m1/s1. The summed E-state index contributed by atoms with van der Waals surface area (Å²) >= 11 is 1.48. The first-order valence-corrected chi connectivity index (χ1v) is 11.1. The predicted octanol–water partition coefficient (Wildman–Crippen LogP) is 2.99. The lowest BCUT2D eigenvalue weighted by atomic mass is 10.2. The molecule has 0 aliphatic carbocycles. The van der Waals surface area contributed by atoms with E-state index in [0.29, 0.717) is 12.3 Å². The molecule has 0 saturated carbocycles. The summed E-state index contributed by atoms with van der Waals surface area (Å²) in [6.07, 6.45) is 3.70. The van der Waals surface area contributed by atoms with Gasteiger partial charge in [-0.05, 0) is 61.7 Å². The number of benzene rings is 2. The number of carbonyl (C=O) groups excluding carboxylic acids is 2. The highest BCUT2D eigenvalue weighted by molar-refractivity contribution is 8.00. The molecule has 8 heteroatoms. The molecular formula is C23H27N3O4S. The molecule has 0 unspecified atom stereocenters. The Kier molecular flexibility index (Phi) is 8.93. The molecule has 0 radical (unpaired) electrons. The number of thioether (sulfide) groups is 1. The van der Waals surface area contributed by atoms with E-state index in [1.165, 1.54) is 11.8 Å². The van der Waals surface area contributed by atoms with Crippen LogP contribution in [-0.2, 0) is 14.3 Å². The molecule has 1 aliphatic heterocycles. The maximum absolute atomic E-state index is 12.2. The van der Waals surface area contributed by atoms with Gasteiger partial charge >= 0.3 is 0 Å². The number of nitrogens with zero attached hydrogens (tertiary/aromatic N) is 1. The van der Waals surface area contributed by atoms with Crippen LogP contribution in [0.25, 0.3) is 0 Å². The van der Waals surface area contributed by atoms with Gasteiger partial charge in [0.05, 0.1) is 17.6 Å². The fourth-order valence-electron chi connectivity index (χ4n) is 2.90. The average Bonchev–Trinajstić information content (AvgIpc) is 3.31. The van der Waals surface area contributed by atoms with Gasteiger partial charge in [0.1, 0.15) is 5.75 Å². The molecule has 1 fully saturated rings. The van der Waals surface area contributed by atoms with E-state index in [-0.39, 0.29) is 29.8 Å². The summed E-state index contributed by atoms with van der Waals surface area (Å²) in [5.74, 6) is 0.242. The first-order chi connectivity index (χ1) is 15.1. The van der Waals surface area contributed by atoms with E-state index in [0.717, 1.165) is 29.9 Å². The van der Waals surface area contributed by atoms with Crippen molar-refractivity contribution in [2.24, 2.45) is 5.10 Å². The number of ether oxygens (including phenoxy) is 2. The van der Waals surface area contributed by atoms with Gasteiger partial charge in [0.25, 0.3) is 11.8 Å². The van der Waals surface area contributed by atoms with E-state index in [9.17, 15) is 9.59 Å². The van der Waals surface area contributed by atoms with Crippen LogP contribution < -0.4 is 15.5 Å². The molecule has 3 rings (SSSR count). The minimum absolute atomic E-state index is 0.0484. The second kappa shape index (κ2) is 12.1. The third-order valence-corrected chi connectivity index (χ3v) is 5.73. The number of amides is 2. The molecule has 0 spiro atoms. The third-order valence-electron chi connectivity index (χ3n) is 4.61. The summed E-state index contributed by atoms with van der Waals surface area (Å²) in [4.78, 5) is 25.1. The maximum Gasteiger partial charge on any atom is 0.258 e. The molecule has 2 N–H and O–H groups in total. The zero-order valence-electron chi connectivity index (χ0n) is 17.5. The van der Waals surface area contributed by atoms with Gasteiger partial charge in [-0.25, -0.2) is 5.43 Å². The van der Waals surface area contributed by atoms with Gasteiger partial charge in [0.15, 0.2) is 6.61 Å². The fourth-order valence-corrected chi connectivity index (χ4v) is 3.78. The Morgan fingerprint density at radius 2 is 2.00 bits per heavy atom. The zero-order valence-corrected chi connectivity index (χ0v) is 18.3. The highest BCUT2D eigenvalue weighted by atomic mass is 32.2. The van der Waals surface area contributed by atoms with E-state index >= 15 is 0 Å². The van der Waals surface area contributed by atoms with Gasteiger partial charge in [0, 0.05) is 18.0 Å². The maximum atomic E-state index is 12.2. The van der Waals surface area contributed by atoms with Crippen LogP contribution in [0.2, 0.25) is 0 Å². The second-order valence-corrected chi connectivity index (χ2v) is 8.52. The van der Waals surface area contributed by atoms with Crippen LogP contribution in [0, 0.1) is 0 Å². The van der Waals surface area contributed by atoms with Crippen LogP contribution in [0.4, 0.5) is 0 Å². The summed E-state index contributed by atoms with van der Waals surface area (Å²) < 4.78 is 11.0. The van der Waals surface area contributed by atoms with Gasteiger partial charge in [0.2, 0.25) is 0 Å². The summed E-state index contributed by atoms with van der Waals surface area (Å²) in [6, 6.07) is 16.9. The van der Waals surface area contributed by atoms with Gasteiger partial charge in [-0.15, -0.1) is 11.8 Å². The number of hydrogen-bond acceptors (Lipinski definition) is 6. The lowest BCUT2D eigenvalue weighted by molar-refractivity contribution is -0.123. The molecule has 2 amide bonds. The van der Waals surface area contributed by atoms with Crippen molar-refractivity contribution < 1.29 is 19.1 Å². The van der Waals surface area contributed by atoms with Crippen molar-refractivity contribution in [3.05, 3.63) is 60.2 Å². The average molecular weight is 442 g/mol. The first kappa shape index (κ1) is 22.8. The Hall–Kier alpha value is -2.84. The molecule has 1 aliphatic rings. The van der Waals surface area contributed by atoms with Crippen molar-refractivity contribution in [2.45, 2.75) is 36.0 Å². The van der Waals surface area contributed by atoms with Crippen molar-refractivity contribution in [3.8, 4) is 5.75 Å². The molecular weight excluding hydrogens is 414 g/mol. The Morgan fingerprint density at radius 1 is 1.23 bits per heavy atom. The van der Waals surface area contributed by atoms with Crippen molar-refractivity contribution in [1.29, 1.82) is 0 Å². The first-order valence-electron chi connectivity index (χ1n) is 10.3. The number of hydrazone groups is 1. The van der Waals surface area contributed by atoms with Crippen LogP contribution >= 0.6 is 11.8 Å². The third kappa shape index (κ3) is 8.07. The van der Waals surface area contributed by atoms with E-state index in [4.69, 9.17) is 9.47 Å². The summed E-state index contributed by atoms with van der Waals surface area (Å²) in [5, 5.41) is 6.57. The molecule has 2 atom stereocenters.